The molecule has 0 aromatic heterocycles. The van der Waals surface area contributed by atoms with Crippen LogP contribution in [0.2, 0.25) is 0 Å². The molecule has 0 spiro atoms. The van der Waals surface area contributed by atoms with Gasteiger partial charge in [-0.2, -0.15) is 8.78 Å². The van der Waals surface area contributed by atoms with Gasteiger partial charge in [-0.05, 0) is 57.3 Å². The van der Waals surface area contributed by atoms with E-state index in [9.17, 15) is 31.3 Å². The summed E-state index contributed by atoms with van der Waals surface area (Å²) in [5, 5.41) is -4.67. The van der Waals surface area contributed by atoms with Gasteiger partial charge >= 0.3 is 17.2 Å². The number of carbonyl (C=O) groups excluding carboxylic acids is 2. The summed E-state index contributed by atoms with van der Waals surface area (Å²) in [6, 6.07) is 0. The number of halogens is 2. The normalized spacial score (nSPS) is 34.1. The van der Waals surface area contributed by atoms with Gasteiger partial charge in [-0.3, -0.25) is 4.79 Å². The zero-order valence-electron chi connectivity index (χ0n) is 15.5. The van der Waals surface area contributed by atoms with Crippen molar-refractivity contribution >= 4 is 22.1 Å². The summed E-state index contributed by atoms with van der Waals surface area (Å²) in [6.45, 7) is 3.40. The Bertz CT molecular complexity index is 791. The van der Waals surface area contributed by atoms with Crippen LogP contribution in [0.1, 0.15) is 45.4 Å². The van der Waals surface area contributed by atoms with Crippen LogP contribution in [0.25, 0.3) is 0 Å². The Balaban J connectivity index is 1.73. The van der Waals surface area contributed by atoms with E-state index in [2.05, 4.69) is 11.3 Å². The first-order valence-electron chi connectivity index (χ1n) is 9.11. The molecule has 4 aliphatic rings. The zero-order valence-corrected chi connectivity index (χ0v) is 16.4. The van der Waals surface area contributed by atoms with Gasteiger partial charge < -0.3 is 14.0 Å². The van der Waals surface area contributed by atoms with Crippen molar-refractivity contribution in [3.8, 4) is 0 Å². The average Bonchev–Trinajstić information content (AvgIpc) is 2.55. The molecule has 7 nitrogen and oxygen atoms in total. The Labute approximate surface area is 162 Å². The summed E-state index contributed by atoms with van der Waals surface area (Å²) in [7, 11) is -5.92. The molecule has 4 saturated carbocycles. The Morgan fingerprint density at radius 1 is 1.18 bits per heavy atom. The Morgan fingerprint density at radius 2 is 1.75 bits per heavy atom. The van der Waals surface area contributed by atoms with Crippen molar-refractivity contribution < 1.29 is 40.8 Å². The van der Waals surface area contributed by atoms with Crippen molar-refractivity contribution in [2.75, 3.05) is 13.2 Å². The van der Waals surface area contributed by atoms with Crippen molar-refractivity contribution in [2.45, 2.75) is 50.7 Å². The van der Waals surface area contributed by atoms with E-state index < -0.39 is 44.7 Å². The van der Waals surface area contributed by atoms with Crippen LogP contribution in [-0.4, -0.2) is 43.4 Å². The van der Waals surface area contributed by atoms with Gasteiger partial charge in [-0.25, -0.2) is 13.2 Å². The van der Waals surface area contributed by atoms with Crippen LogP contribution in [0.4, 0.5) is 8.78 Å². The van der Waals surface area contributed by atoms with Crippen LogP contribution >= 0.6 is 0 Å². The van der Waals surface area contributed by atoms with Gasteiger partial charge in [0.2, 0.25) is 0 Å². The maximum absolute atomic E-state index is 13.4. The van der Waals surface area contributed by atoms with E-state index in [-0.39, 0.29) is 24.0 Å². The molecule has 10 heteroatoms. The first kappa shape index (κ1) is 21.2. The second-order valence-corrected chi connectivity index (χ2v) is 10.3. The molecule has 0 aliphatic heterocycles. The Morgan fingerprint density at radius 3 is 2.25 bits per heavy atom. The van der Waals surface area contributed by atoms with Crippen LogP contribution in [-0.2, 0) is 29.2 Å². The van der Waals surface area contributed by atoms with E-state index in [4.69, 9.17) is 4.74 Å². The van der Waals surface area contributed by atoms with Crippen molar-refractivity contribution in [1.82, 2.24) is 0 Å². The van der Waals surface area contributed by atoms with E-state index in [0.717, 1.165) is 19.3 Å². The fourth-order valence-corrected chi connectivity index (χ4v) is 5.78. The molecule has 4 aliphatic carbocycles. The lowest BCUT2D eigenvalue weighted by molar-refractivity contribution is -0.191. The van der Waals surface area contributed by atoms with Crippen molar-refractivity contribution in [1.29, 1.82) is 0 Å². The number of carbonyl (C=O) groups is 2. The lowest BCUT2D eigenvalue weighted by atomic mass is 9.44. The standard InChI is InChI=1S/C18H24F2O7S/c1-11(2)14(21)26-9-16-4-12-3-13(5-16)7-17(6-12,8-16)15(22)27-10-18(19,20)28(23,24)25/h12-13H,1,3-10H2,2H3,(H,23,24,25)/p-1. The van der Waals surface area contributed by atoms with Gasteiger partial charge in [0.05, 0.1) is 12.0 Å². The fraction of sp³-hybridized carbons (Fsp3) is 0.778. The molecule has 0 radical (unpaired) electrons. The molecule has 158 valence electrons. The molecule has 0 aromatic carbocycles. The van der Waals surface area contributed by atoms with Crippen LogP contribution in [0, 0.1) is 22.7 Å². The van der Waals surface area contributed by atoms with Gasteiger partial charge in [0.1, 0.15) is 0 Å². The topological polar surface area (TPSA) is 110 Å². The molecule has 4 rings (SSSR count). The highest BCUT2D eigenvalue weighted by atomic mass is 32.2. The average molecular weight is 421 g/mol. The molecule has 0 N–H and O–H groups in total. The van der Waals surface area contributed by atoms with Gasteiger partial charge in [-0.15, -0.1) is 0 Å². The van der Waals surface area contributed by atoms with E-state index in [0.29, 0.717) is 19.3 Å². The number of esters is 2. The van der Waals surface area contributed by atoms with Crippen molar-refractivity contribution in [3.63, 3.8) is 0 Å². The molecule has 28 heavy (non-hydrogen) atoms. The number of alkyl halides is 2. The summed E-state index contributed by atoms with van der Waals surface area (Å²) < 4.78 is 68.6. The molecule has 0 aromatic rings. The van der Waals surface area contributed by atoms with Crippen LogP contribution in [0.15, 0.2) is 12.2 Å². The van der Waals surface area contributed by atoms with E-state index in [1.54, 1.807) is 0 Å². The first-order valence-corrected chi connectivity index (χ1v) is 10.5. The fourth-order valence-electron chi connectivity index (χ4n) is 5.58. The van der Waals surface area contributed by atoms with E-state index >= 15 is 0 Å². The van der Waals surface area contributed by atoms with Gasteiger partial charge in [0.25, 0.3) is 0 Å². The highest BCUT2D eigenvalue weighted by molar-refractivity contribution is 7.86. The van der Waals surface area contributed by atoms with Crippen LogP contribution in [0.5, 0.6) is 0 Å². The summed E-state index contributed by atoms with van der Waals surface area (Å²) in [5.74, 6) is -1.06. The molecule has 0 heterocycles. The summed E-state index contributed by atoms with van der Waals surface area (Å²) in [4.78, 5) is 24.5. The number of rotatable bonds is 7. The van der Waals surface area contributed by atoms with Crippen LogP contribution < -0.4 is 0 Å². The van der Waals surface area contributed by atoms with Crippen molar-refractivity contribution in [2.24, 2.45) is 22.7 Å². The first-order chi connectivity index (χ1) is 12.8. The number of hydrogen-bond acceptors (Lipinski definition) is 7. The molecule has 0 saturated heterocycles. The predicted molar refractivity (Wildman–Crippen MR) is 90.9 cm³/mol. The van der Waals surface area contributed by atoms with E-state index in [1.165, 1.54) is 6.92 Å². The third-order valence-corrected chi connectivity index (χ3v) is 7.06. The smallest absolute Gasteiger partial charge is 0.367 e. The highest BCUT2D eigenvalue weighted by Gasteiger charge is 2.62. The minimum atomic E-state index is -5.92. The maximum Gasteiger partial charge on any atom is 0.367 e. The summed E-state index contributed by atoms with van der Waals surface area (Å²) in [5.41, 5.74) is -1.18. The van der Waals surface area contributed by atoms with Gasteiger partial charge in [-0.1, -0.05) is 6.58 Å². The lowest BCUT2D eigenvalue weighted by Crippen LogP contribution is -2.57. The third kappa shape index (κ3) is 3.80. The number of hydrogen-bond donors (Lipinski definition) is 0. The quantitative estimate of drug-likeness (QED) is 0.353. The molecule has 4 bridgehead atoms. The Hall–Kier alpha value is -1.55. The monoisotopic (exact) mass is 421 g/mol. The predicted octanol–water partition coefficient (Wildman–Crippen LogP) is 2.37. The minimum absolute atomic E-state index is 0.117. The van der Waals surface area contributed by atoms with Gasteiger partial charge in [0, 0.05) is 11.0 Å². The van der Waals surface area contributed by atoms with Crippen molar-refractivity contribution in [3.05, 3.63) is 12.2 Å². The number of ether oxygens (including phenoxy) is 2. The molecule has 4 fully saturated rings. The SMILES string of the molecule is C=C(C)C(=O)OCC12CC3CC(C1)CC(C(=O)OCC(F)(F)S(=O)(=O)[O-])(C3)C2. The second-order valence-electron chi connectivity index (χ2n) is 8.77. The van der Waals surface area contributed by atoms with E-state index in [1.807, 2.05) is 0 Å². The molecular formula is C18H23F2O7S-. The third-order valence-electron chi connectivity index (χ3n) is 6.21. The molecular weight excluding hydrogens is 398 g/mol. The zero-order chi connectivity index (χ0) is 21.0. The lowest BCUT2D eigenvalue weighted by Gasteiger charge is -2.60. The molecule has 0 amide bonds. The summed E-state index contributed by atoms with van der Waals surface area (Å²) in [6.07, 6.45) is 3.71. The highest BCUT2D eigenvalue weighted by Crippen LogP contribution is 2.65. The second kappa shape index (κ2) is 6.76. The molecule has 2 atom stereocenters. The summed E-state index contributed by atoms with van der Waals surface area (Å²) >= 11 is 0. The van der Waals surface area contributed by atoms with Gasteiger partial charge in [0.15, 0.2) is 16.7 Å². The maximum atomic E-state index is 13.4. The molecule has 2 unspecified atom stereocenters. The largest absolute Gasteiger partial charge is 0.743 e. The Kier molecular flexibility index (Phi) is 5.11. The minimum Gasteiger partial charge on any atom is -0.743 e. The van der Waals surface area contributed by atoms with Crippen LogP contribution in [0.3, 0.4) is 0 Å².